The zero-order valence-corrected chi connectivity index (χ0v) is 18.4. The van der Waals surface area contributed by atoms with Gasteiger partial charge in [-0.3, -0.25) is 0 Å². The van der Waals surface area contributed by atoms with Crippen molar-refractivity contribution in [3.05, 3.63) is 71.2 Å². The molecule has 3 rings (SSSR count). The molecule has 0 fully saturated rings. The van der Waals surface area contributed by atoms with Crippen LogP contribution >= 0.6 is 11.6 Å². The van der Waals surface area contributed by atoms with Crippen LogP contribution in [0.15, 0.2) is 65.2 Å². The van der Waals surface area contributed by atoms with Gasteiger partial charge in [0.2, 0.25) is 0 Å². The van der Waals surface area contributed by atoms with Crippen LogP contribution in [0.1, 0.15) is 0 Å². The number of halogens is 8. The smallest absolute Gasteiger partial charge is 0.465 e. The second kappa shape index (κ2) is 9.02. The van der Waals surface area contributed by atoms with E-state index >= 15 is 0 Å². The normalized spacial score (nSPS) is 16.9. The van der Waals surface area contributed by atoms with E-state index in [-0.39, 0.29) is 15.7 Å². The number of benzene rings is 2. The number of sulfone groups is 1. The van der Waals surface area contributed by atoms with Crippen molar-refractivity contribution in [2.24, 2.45) is 0 Å². The lowest BCUT2D eigenvalue weighted by atomic mass is 10.1. The lowest BCUT2D eigenvalue weighted by molar-refractivity contribution is -0.274. The summed E-state index contributed by atoms with van der Waals surface area (Å²) in [6, 6.07) is 5.12. The molecule has 1 heterocycles. The van der Waals surface area contributed by atoms with Gasteiger partial charge in [-0.1, -0.05) is 11.6 Å². The number of hydrogen-bond acceptors (Lipinski definition) is 5. The highest BCUT2D eigenvalue weighted by atomic mass is 35.5. The number of ether oxygens (including phenoxy) is 2. The van der Waals surface area contributed by atoms with Gasteiger partial charge in [-0.2, -0.15) is 13.2 Å². The molecular formula is C20H13ClF7NO4S. The summed E-state index contributed by atoms with van der Waals surface area (Å²) in [5, 5.41) is -0.383. The number of anilines is 1. The van der Waals surface area contributed by atoms with Crippen molar-refractivity contribution < 1.29 is 48.6 Å². The van der Waals surface area contributed by atoms with Crippen LogP contribution in [0.2, 0.25) is 5.02 Å². The Hall–Kier alpha value is -2.93. The van der Waals surface area contributed by atoms with E-state index in [0.29, 0.717) is 17.2 Å². The lowest BCUT2D eigenvalue weighted by Crippen LogP contribution is -2.38. The number of rotatable bonds is 5. The molecule has 1 atom stereocenters. The summed E-state index contributed by atoms with van der Waals surface area (Å²) >= 11 is 5.93. The van der Waals surface area contributed by atoms with Crippen molar-refractivity contribution in [2.75, 3.05) is 11.2 Å². The molecule has 34 heavy (non-hydrogen) atoms. The van der Waals surface area contributed by atoms with Crippen molar-refractivity contribution >= 4 is 27.1 Å². The Kier molecular flexibility index (Phi) is 6.82. The van der Waals surface area contributed by atoms with Crippen LogP contribution in [0.5, 0.6) is 11.5 Å². The van der Waals surface area contributed by atoms with Crippen LogP contribution in [0.25, 0.3) is 0 Å². The number of alkyl halides is 6. The fourth-order valence-electron chi connectivity index (χ4n) is 2.84. The molecule has 2 aromatic carbocycles. The van der Waals surface area contributed by atoms with Crippen LogP contribution in [0.4, 0.5) is 36.4 Å². The van der Waals surface area contributed by atoms with E-state index in [1.807, 2.05) is 0 Å². The van der Waals surface area contributed by atoms with E-state index in [1.165, 1.54) is 0 Å². The first kappa shape index (κ1) is 25.7. The second-order valence-corrected chi connectivity index (χ2v) is 9.31. The van der Waals surface area contributed by atoms with Gasteiger partial charge in [-0.05, 0) is 42.5 Å². The van der Waals surface area contributed by atoms with E-state index in [9.17, 15) is 39.2 Å². The third-order valence-corrected chi connectivity index (χ3v) is 5.73. The van der Waals surface area contributed by atoms with Crippen molar-refractivity contribution in [3.63, 3.8) is 0 Å². The molecule has 2 aromatic rings. The molecule has 0 aliphatic carbocycles. The zero-order valence-electron chi connectivity index (χ0n) is 16.8. The average molecular weight is 532 g/mol. The number of hydrogen-bond donors (Lipinski definition) is 0. The Balaban J connectivity index is 2.02. The highest BCUT2D eigenvalue weighted by Crippen LogP contribution is 2.37. The third kappa shape index (κ3) is 6.14. The Morgan fingerprint density at radius 2 is 1.71 bits per heavy atom. The molecule has 0 N–H and O–H groups in total. The van der Waals surface area contributed by atoms with E-state index in [1.54, 1.807) is 0 Å². The first-order chi connectivity index (χ1) is 15.5. The van der Waals surface area contributed by atoms with E-state index in [0.717, 1.165) is 48.7 Å². The Bertz CT molecular complexity index is 1260. The minimum atomic E-state index is -4.99. The largest absolute Gasteiger partial charge is 0.573 e. The molecule has 0 radical (unpaired) electrons. The standard InChI is InChI=1S/C20H13ClF7NO4S/c1-34(30,31)13-4-5-15(22)16(9-13)29-10-11(19(23,24)25)2-7-18(29)32-17-6-3-12(8-14(17)21)33-20(26,27)28/h2-10,18H,1H3. The van der Waals surface area contributed by atoms with Crippen LogP contribution in [-0.4, -0.2) is 33.4 Å². The lowest BCUT2D eigenvalue weighted by Gasteiger charge is -2.33. The Morgan fingerprint density at radius 1 is 1.03 bits per heavy atom. The van der Waals surface area contributed by atoms with Gasteiger partial charge in [0, 0.05) is 18.5 Å². The van der Waals surface area contributed by atoms with Gasteiger partial charge in [-0.15, -0.1) is 13.2 Å². The maximum Gasteiger partial charge on any atom is 0.573 e. The van der Waals surface area contributed by atoms with Gasteiger partial charge in [-0.25, -0.2) is 12.8 Å². The molecule has 14 heteroatoms. The molecule has 0 saturated heterocycles. The monoisotopic (exact) mass is 531 g/mol. The molecule has 0 spiro atoms. The molecule has 184 valence electrons. The maximum absolute atomic E-state index is 14.6. The summed E-state index contributed by atoms with van der Waals surface area (Å²) in [6.07, 6.45) is -8.43. The fourth-order valence-corrected chi connectivity index (χ4v) is 3.70. The van der Waals surface area contributed by atoms with Crippen molar-refractivity contribution in [3.8, 4) is 11.5 Å². The minimum absolute atomic E-state index is 0.264. The summed E-state index contributed by atoms with van der Waals surface area (Å²) in [7, 11) is -3.85. The highest BCUT2D eigenvalue weighted by Gasteiger charge is 2.37. The van der Waals surface area contributed by atoms with Crippen LogP contribution in [0, 0.1) is 5.82 Å². The topological polar surface area (TPSA) is 55.8 Å². The molecule has 5 nitrogen and oxygen atoms in total. The average Bonchev–Trinajstić information content (AvgIpc) is 2.68. The molecule has 0 saturated carbocycles. The third-order valence-electron chi connectivity index (χ3n) is 4.33. The Morgan fingerprint density at radius 3 is 2.26 bits per heavy atom. The highest BCUT2D eigenvalue weighted by molar-refractivity contribution is 7.90. The van der Waals surface area contributed by atoms with Crippen molar-refractivity contribution in [1.82, 2.24) is 0 Å². The van der Waals surface area contributed by atoms with Gasteiger partial charge in [0.25, 0.3) is 0 Å². The number of nitrogens with zero attached hydrogens (tertiary/aromatic N) is 1. The molecule has 0 bridgehead atoms. The first-order valence-corrected chi connectivity index (χ1v) is 11.3. The molecule has 1 aliphatic heterocycles. The van der Waals surface area contributed by atoms with E-state index in [4.69, 9.17) is 16.3 Å². The summed E-state index contributed by atoms with van der Waals surface area (Å²) < 4.78 is 125. The van der Waals surface area contributed by atoms with Crippen LogP contribution < -0.4 is 14.4 Å². The minimum Gasteiger partial charge on any atom is -0.465 e. The summed E-state index contributed by atoms with van der Waals surface area (Å²) in [6.45, 7) is 0. The van der Waals surface area contributed by atoms with Crippen LogP contribution in [-0.2, 0) is 9.84 Å². The molecular weight excluding hydrogens is 519 g/mol. The van der Waals surface area contributed by atoms with Gasteiger partial charge in [0.15, 0.2) is 16.1 Å². The first-order valence-electron chi connectivity index (χ1n) is 9.02. The molecule has 0 amide bonds. The van der Waals surface area contributed by atoms with Gasteiger partial charge >= 0.3 is 12.5 Å². The Labute approximate surface area is 193 Å². The van der Waals surface area contributed by atoms with E-state index < -0.39 is 51.4 Å². The van der Waals surface area contributed by atoms with Gasteiger partial charge in [0.1, 0.15) is 17.3 Å². The maximum atomic E-state index is 14.6. The zero-order chi connectivity index (χ0) is 25.5. The predicted molar refractivity (Wildman–Crippen MR) is 108 cm³/mol. The summed E-state index contributed by atoms with van der Waals surface area (Å²) in [5.41, 5.74) is -1.76. The SMILES string of the molecule is CS(=O)(=O)c1ccc(F)c(N2C=C(C(F)(F)F)C=CC2Oc2ccc(OC(F)(F)F)cc2Cl)c1. The summed E-state index contributed by atoms with van der Waals surface area (Å²) in [5.74, 6) is -2.00. The van der Waals surface area contributed by atoms with Gasteiger partial charge < -0.3 is 14.4 Å². The van der Waals surface area contributed by atoms with Gasteiger partial charge in [0.05, 0.1) is 21.2 Å². The van der Waals surface area contributed by atoms with E-state index in [2.05, 4.69) is 4.74 Å². The fraction of sp³-hybridized carbons (Fsp3) is 0.200. The molecule has 0 aromatic heterocycles. The predicted octanol–water partition coefficient (Wildman–Crippen LogP) is 6.01. The number of allylic oxidation sites excluding steroid dienone is 2. The van der Waals surface area contributed by atoms with Crippen molar-refractivity contribution in [2.45, 2.75) is 23.7 Å². The van der Waals surface area contributed by atoms with Crippen molar-refractivity contribution in [1.29, 1.82) is 0 Å². The second-order valence-electron chi connectivity index (χ2n) is 6.88. The van der Waals surface area contributed by atoms with Crippen LogP contribution in [0.3, 0.4) is 0 Å². The summed E-state index contributed by atoms with van der Waals surface area (Å²) in [4.78, 5) is 0.314. The molecule has 1 aliphatic rings. The quantitative estimate of drug-likeness (QED) is 0.349. The molecule has 1 unspecified atom stereocenters.